The van der Waals surface area contributed by atoms with Crippen LogP contribution >= 0.6 is 0 Å². The van der Waals surface area contributed by atoms with E-state index in [1.165, 1.54) is 31.3 Å². The van der Waals surface area contributed by atoms with E-state index < -0.39 is 17.4 Å². The van der Waals surface area contributed by atoms with E-state index in [9.17, 15) is 9.18 Å². The van der Waals surface area contributed by atoms with Gasteiger partial charge in [-0.2, -0.15) is 15.6 Å². The van der Waals surface area contributed by atoms with Crippen LogP contribution in [0.3, 0.4) is 0 Å². The van der Waals surface area contributed by atoms with Gasteiger partial charge in [-0.05, 0) is 12.1 Å². The number of para-hydroxylation sites is 1. The van der Waals surface area contributed by atoms with Crippen LogP contribution in [-0.4, -0.2) is 18.7 Å². The summed E-state index contributed by atoms with van der Waals surface area (Å²) in [7, 11) is 1.40. The van der Waals surface area contributed by atoms with E-state index >= 15 is 0 Å². The molecule has 0 saturated heterocycles. The molecule has 1 amide bonds. The number of amides is 1. The molecule has 1 rings (SSSR count). The van der Waals surface area contributed by atoms with Gasteiger partial charge in [-0.3, -0.25) is 10.2 Å². The molecular weight excluding hydrogens is 237 g/mol. The number of nitrogens with one attached hydrogen (secondary N) is 2. The fraction of sp³-hybridized carbons (Fsp3) is 0.0909. The maximum Gasteiger partial charge on any atom is 0.253 e. The number of hydrazone groups is 1. The summed E-state index contributed by atoms with van der Waals surface area (Å²) in [5.41, 5.74) is 1.56. The summed E-state index contributed by atoms with van der Waals surface area (Å²) in [6.07, 6.45) is 0. The maximum absolute atomic E-state index is 13.5. The standard InChI is InChI=1S/C11H8FN5O/c1-15-11(18)8-3-2-4-9(12)10(8)17-16-7(5-13)6-14/h2-4,17H,1H3,(H,15,18). The summed E-state index contributed by atoms with van der Waals surface area (Å²) in [4.78, 5) is 11.5. The van der Waals surface area contributed by atoms with Crippen molar-refractivity contribution in [2.75, 3.05) is 12.5 Å². The van der Waals surface area contributed by atoms with E-state index in [1.54, 1.807) is 0 Å². The van der Waals surface area contributed by atoms with E-state index in [1.807, 2.05) is 0 Å². The molecule has 7 heteroatoms. The van der Waals surface area contributed by atoms with Gasteiger partial charge >= 0.3 is 0 Å². The second-order valence-corrected chi connectivity index (χ2v) is 3.04. The van der Waals surface area contributed by atoms with Gasteiger partial charge in [-0.25, -0.2) is 4.39 Å². The molecule has 0 saturated carbocycles. The topological polar surface area (TPSA) is 101 Å². The normalized spacial score (nSPS) is 8.67. The van der Waals surface area contributed by atoms with Crippen molar-refractivity contribution >= 4 is 17.3 Å². The summed E-state index contributed by atoms with van der Waals surface area (Å²) < 4.78 is 13.5. The lowest BCUT2D eigenvalue weighted by atomic mass is 10.1. The number of carbonyl (C=O) groups excluding carboxylic acids is 1. The van der Waals surface area contributed by atoms with Gasteiger partial charge in [0.2, 0.25) is 5.71 Å². The second-order valence-electron chi connectivity index (χ2n) is 3.04. The van der Waals surface area contributed by atoms with Gasteiger partial charge < -0.3 is 5.32 Å². The van der Waals surface area contributed by atoms with Crippen molar-refractivity contribution in [3.8, 4) is 12.1 Å². The SMILES string of the molecule is CNC(=O)c1cccc(F)c1NN=C(C#N)C#N. The van der Waals surface area contributed by atoms with Crippen LogP contribution in [0.2, 0.25) is 0 Å². The molecule has 2 N–H and O–H groups in total. The van der Waals surface area contributed by atoms with Crippen molar-refractivity contribution in [3.05, 3.63) is 29.6 Å². The van der Waals surface area contributed by atoms with Gasteiger partial charge in [0.05, 0.1) is 5.56 Å². The highest BCUT2D eigenvalue weighted by atomic mass is 19.1. The van der Waals surface area contributed by atoms with Crippen molar-refractivity contribution in [1.82, 2.24) is 5.32 Å². The zero-order chi connectivity index (χ0) is 13.5. The monoisotopic (exact) mass is 245 g/mol. The fourth-order valence-electron chi connectivity index (χ4n) is 1.15. The molecule has 0 heterocycles. The van der Waals surface area contributed by atoms with Crippen molar-refractivity contribution in [3.63, 3.8) is 0 Å². The number of nitriles is 2. The third-order valence-corrected chi connectivity index (χ3v) is 1.98. The zero-order valence-corrected chi connectivity index (χ0v) is 9.36. The molecule has 0 unspecified atom stereocenters. The van der Waals surface area contributed by atoms with E-state index in [0.29, 0.717) is 0 Å². The van der Waals surface area contributed by atoms with E-state index in [4.69, 9.17) is 10.5 Å². The molecule has 1 aromatic carbocycles. The van der Waals surface area contributed by atoms with Crippen LogP contribution in [0, 0.1) is 28.5 Å². The van der Waals surface area contributed by atoms with Gasteiger partial charge in [-0.1, -0.05) is 6.07 Å². The molecule has 0 aliphatic rings. The lowest BCUT2D eigenvalue weighted by Gasteiger charge is -2.08. The maximum atomic E-state index is 13.5. The molecule has 6 nitrogen and oxygen atoms in total. The number of halogens is 1. The lowest BCUT2D eigenvalue weighted by molar-refractivity contribution is 0.0963. The minimum absolute atomic E-state index is 0.0245. The first-order chi connectivity index (χ1) is 8.63. The van der Waals surface area contributed by atoms with Crippen molar-refractivity contribution < 1.29 is 9.18 Å². The minimum Gasteiger partial charge on any atom is -0.355 e. The van der Waals surface area contributed by atoms with E-state index in [0.717, 1.165) is 6.07 Å². The zero-order valence-electron chi connectivity index (χ0n) is 9.36. The number of hydrogen-bond donors (Lipinski definition) is 2. The largest absolute Gasteiger partial charge is 0.355 e. The van der Waals surface area contributed by atoms with Gasteiger partial charge in [0, 0.05) is 7.05 Å². The number of rotatable bonds is 3. The lowest BCUT2D eigenvalue weighted by Crippen LogP contribution is -2.19. The number of anilines is 1. The highest BCUT2D eigenvalue weighted by Gasteiger charge is 2.13. The van der Waals surface area contributed by atoms with Crippen molar-refractivity contribution in [2.24, 2.45) is 5.10 Å². The Hall–Kier alpha value is -2.93. The van der Waals surface area contributed by atoms with Gasteiger partial charge in [0.1, 0.15) is 23.6 Å². The summed E-state index contributed by atoms with van der Waals surface area (Å²) in [5, 5.41) is 22.7. The number of nitrogens with zero attached hydrogens (tertiary/aromatic N) is 3. The fourth-order valence-corrected chi connectivity index (χ4v) is 1.15. The highest BCUT2D eigenvalue weighted by Crippen LogP contribution is 2.19. The molecule has 0 spiro atoms. The molecule has 0 atom stereocenters. The van der Waals surface area contributed by atoms with Crippen molar-refractivity contribution in [2.45, 2.75) is 0 Å². The van der Waals surface area contributed by atoms with Crippen LogP contribution in [0.25, 0.3) is 0 Å². The molecule has 0 aromatic heterocycles. The van der Waals surface area contributed by atoms with Crippen LogP contribution in [-0.2, 0) is 0 Å². The van der Waals surface area contributed by atoms with Crippen LogP contribution in [0.4, 0.5) is 10.1 Å². The molecule has 0 aliphatic carbocycles. The first-order valence-electron chi connectivity index (χ1n) is 4.78. The molecule has 90 valence electrons. The molecule has 0 aliphatic heterocycles. The Kier molecular flexibility index (Phi) is 4.35. The average Bonchev–Trinajstić information content (AvgIpc) is 2.40. The van der Waals surface area contributed by atoms with Crippen molar-refractivity contribution in [1.29, 1.82) is 10.5 Å². The predicted octanol–water partition coefficient (Wildman–Crippen LogP) is 1.00. The van der Waals surface area contributed by atoms with Crippen LogP contribution in [0.15, 0.2) is 23.3 Å². The molecule has 18 heavy (non-hydrogen) atoms. The third kappa shape index (κ3) is 2.80. The molecular formula is C11H8FN5O. The quantitative estimate of drug-likeness (QED) is 0.612. The van der Waals surface area contributed by atoms with Crippen LogP contribution < -0.4 is 10.7 Å². The summed E-state index contributed by atoms with van der Waals surface area (Å²) >= 11 is 0. The second kappa shape index (κ2) is 5.97. The van der Waals surface area contributed by atoms with E-state index in [2.05, 4.69) is 15.8 Å². The highest BCUT2D eigenvalue weighted by molar-refractivity contribution is 6.10. The summed E-state index contributed by atoms with van der Waals surface area (Å²) in [5.74, 6) is -1.22. The Bertz CT molecular complexity index is 566. The molecule has 0 radical (unpaired) electrons. The first kappa shape index (κ1) is 13.1. The summed E-state index contributed by atoms with van der Waals surface area (Å²) in [6.45, 7) is 0. The molecule has 1 aromatic rings. The Labute approximate surface area is 102 Å². The number of benzene rings is 1. The predicted molar refractivity (Wildman–Crippen MR) is 62.1 cm³/mol. The summed E-state index contributed by atoms with van der Waals surface area (Å²) in [6, 6.07) is 6.90. The molecule has 0 fully saturated rings. The van der Waals surface area contributed by atoms with Gasteiger partial charge in [0.25, 0.3) is 5.91 Å². The Morgan fingerprint density at radius 3 is 2.61 bits per heavy atom. The van der Waals surface area contributed by atoms with E-state index in [-0.39, 0.29) is 11.3 Å². The number of hydrogen-bond acceptors (Lipinski definition) is 5. The first-order valence-corrected chi connectivity index (χ1v) is 4.78. The van der Waals surface area contributed by atoms with Crippen LogP contribution in [0.5, 0.6) is 0 Å². The Morgan fingerprint density at radius 1 is 1.39 bits per heavy atom. The Morgan fingerprint density at radius 2 is 2.06 bits per heavy atom. The smallest absolute Gasteiger partial charge is 0.253 e. The third-order valence-electron chi connectivity index (χ3n) is 1.98. The Balaban J connectivity index is 3.17. The van der Waals surface area contributed by atoms with Crippen LogP contribution in [0.1, 0.15) is 10.4 Å². The van der Waals surface area contributed by atoms with Gasteiger partial charge in [0.15, 0.2) is 0 Å². The number of carbonyl (C=O) groups is 1. The average molecular weight is 245 g/mol. The molecule has 0 bridgehead atoms. The van der Waals surface area contributed by atoms with Gasteiger partial charge in [-0.15, -0.1) is 0 Å². The minimum atomic E-state index is -0.713.